The van der Waals surface area contributed by atoms with Crippen molar-refractivity contribution >= 4 is 17.7 Å². The number of rotatable bonds is 5. The highest BCUT2D eigenvalue weighted by Crippen LogP contribution is 2.22. The van der Waals surface area contributed by atoms with Crippen LogP contribution in [0, 0.1) is 0 Å². The lowest BCUT2D eigenvalue weighted by molar-refractivity contribution is -0.121. The fraction of sp³-hybridized carbons (Fsp3) is 0.889. The van der Waals surface area contributed by atoms with E-state index in [4.69, 9.17) is 5.11 Å². The highest BCUT2D eigenvalue weighted by atomic mass is 32.2. The summed E-state index contributed by atoms with van der Waals surface area (Å²) < 4.78 is 25.0. The average Bonchev–Trinajstić information content (AvgIpc) is 2.10. The molecule has 0 aromatic heterocycles. The first-order valence-corrected chi connectivity index (χ1v) is 5.54. The van der Waals surface area contributed by atoms with E-state index in [1.54, 1.807) is 0 Å². The number of aliphatic hydroxyl groups is 1. The average molecular weight is 241 g/mol. The Hall–Kier alpha value is -0.360. The molecular weight excluding hydrogens is 224 g/mol. The van der Waals surface area contributed by atoms with Crippen molar-refractivity contribution in [2.75, 3.05) is 18.9 Å². The zero-order valence-corrected chi connectivity index (χ0v) is 9.96. The van der Waals surface area contributed by atoms with Gasteiger partial charge in [-0.2, -0.15) is 0 Å². The van der Waals surface area contributed by atoms with Gasteiger partial charge in [0.2, 0.25) is 5.91 Å². The minimum absolute atomic E-state index is 0.0726. The van der Waals surface area contributed by atoms with Gasteiger partial charge in [0.05, 0.1) is 12.3 Å². The van der Waals surface area contributed by atoms with Crippen LogP contribution in [0.2, 0.25) is 0 Å². The monoisotopic (exact) mass is 241 g/mol. The Morgan fingerprint density at radius 3 is 2.33 bits per heavy atom. The van der Waals surface area contributed by atoms with Crippen molar-refractivity contribution in [2.24, 2.45) is 0 Å². The molecule has 1 amide bonds. The lowest BCUT2D eigenvalue weighted by Crippen LogP contribution is -2.40. The summed E-state index contributed by atoms with van der Waals surface area (Å²) >= 11 is 1.38. The van der Waals surface area contributed by atoms with E-state index in [2.05, 4.69) is 5.32 Å². The van der Waals surface area contributed by atoms with Gasteiger partial charge in [0.1, 0.15) is 6.61 Å². The van der Waals surface area contributed by atoms with Gasteiger partial charge in [0.25, 0.3) is 5.92 Å². The number of carbonyl (C=O) groups excluding carboxylic acids is 1. The molecule has 0 radical (unpaired) electrons. The van der Waals surface area contributed by atoms with E-state index in [1.807, 2.05) is 20.8 Å². The van der Waals surface area contributed by atoms with Gasteiger partial charge in [0.15, 0.2) is 0 Å². The molecule has 2 N–H and O–H groups in total. The van der Waals surface area contributed by atoms with Crippen molar-refractivity contribution < 1.29 is 18.7 Å². The molecule has 0 saturated carbocycles. The van der Waals surface area contributed by atoms with Crippen molar-refractivity contribution in [3.05, 3.63) is 0 Å². The van der Waals surface area contributed by atoms with Crippen LogP contribution in [0.3, 0.4) is 0 Å². The first kappa shape index (κ1) is 14.6. The molecule has 0 bridgehead atoms. The van der Waals surface area contributed by atoms with Crippen LogP contribution in [0.5, 0.6) is 0 Å². The Morgan fingerprint density at radius 2 is 1.93 bits per heavy atom. The van der Waals surface area contributed by atoms with Gasteiger partial charge < -0.3 is 10.4 Å². The van der Waals surface area contributed by atoms with Gasteiger partial charge in [-0.15, -0.1) is 11.8 Å². The first-order valence-electron chi connectivity index (χ1n) is 4.56. The molecule has 0 aromatic rings. The largest absolute Gasteiger partial charge is 0.390 e. The summed E-state index contributed by atoms with van der Waals surface area (Å²) in [5.74, 6) is -3.53. The van der Waals surface area contributed by atoms with E-state index in [-0.39, 0.29) is 10.5 Å². The minimum Gasteiger partial charge on any atom is -0.390 e. The summed E-state index contributed by atoms with van der Waals surface area (Å²) in [6.07, 6.45) is 0. The summed E-state index contributed by atoms with van der Waals surface area (Å²) in [6, 6.07) is 0. The van der Waals surface area contributed by atoms with Crippen LogP contribution < -0.4 is 5.32 Å². The zero-order chi connectivity index (χ0) is 12.1. The number of halogens is 2. The van der Waals surface area contributed by atoms with Gasteiger partial charge in [-0.1, -0.05) is 20.8 Å². The highest BCUT2D eigenvalue weighted by molar-refractivity contribution is 8.01. The van der Waals surface area contributed by atoms with Gasteiger partial charge in [-0.25, -0.2) is 8.78 Å². The van der Waals surface area contributed by atoms with Crippen LogP contribution in [0.1, 0.15) is 20.8 Å². The SMILES string of the molecule is CC(C)(C)SCC(=O)NCC(F)(F)CO. The fourth-order valence-corrected chi connectivity index (χ4v) is 1.28. The third kappa shape index (κ3) is 8.62. The van der Waals surface area contributed by atoms with Gasteiger partial charge in [-0.05, 0) is 0 Å². The third-order valence-corrected chi connectivity index (χ3v) is 2.68. The van der Waals surface area contributed by atoms with Crippen molar-refractivity contribution in [2.45, 2.75) is 31.4 Å². The molecule has 0 spiro atoms. The molecule has 90 valence electrons. The predicted octanol–water partition coefficient (Wildman–Crippen LogP) is 1.26. The molecular formula is C9H17F2NO2S. The Bertz CT molecular complexity index is 217. The van der Waals surface area contributed by atoms with Crippen molar-refractivity contribution in [3.8, 4) is 0 Å². The van der Waals surface area contributed by atoms with E-state index in [9.17, 15) is 13.6 Å². The topological polar surface area (TPSA) is 49.3 Å². The second-order valence-corrected chi connectivity index (χ2v) is 5.99. The van der Waals surface area contributed by atoms with E-state index in [0.717, 1.165) is 0 Å². The Morgan fingerprint density at radius 1 is 1.40 bits per heavy atom. The summed E-state index contributed by atoms with van der Waals surface area (Å²) in [6.45, 7) is 3.75. The lowest BCUT2D eigenvalue weighted by Gasteiger charge is -2.18. The van der Waals surface area contributed by atoms with Crippen molar-refractivity contribution in [3.63, 3.8) is 0 Å². The molecule has 6 heteroatoms. The number of alkyl halides is 2. The van der Waals surface area contributed by atoms with Crippen LogP contribution in [-0.4, -0.2) is 40.6 Å². The van der Waals surface area contributed by atoms with Gasteiger partial charge in [0, 0.05) is 4.75 Å². The molecule has 0 aromatic carbocycles. The van der Waals surface area contributed by atoms with E-state index >= 15 is 0 Å². The van der Waals surface area contributed by atoms with Gasteiger partial charge in [-0.3, -0.25) is 4.79 Å². The second-order valence-electron chi connectivity index (χ2n) is 4.19. The summed E-state index contributed by atoms with van der Waals surface area (Å²) in [7, 11) is 0. The molecule has 0 aliphatic carbocycles. The first-order chi connectivity index (χ1) is 6.66. The Balaban J connectivity index is 3.77. The molecule has 0 heterocycles. The van der Waals surface area contributed by atoms with Crippen LogP contribution in [0.15, 0.2) is 0 Å². The van der Waals surface area contributed by atoms with Crippen molar-refractivity contribution in [1.82, 2.24) is 5.32 Å². The molecule has 0 rings (SSSR count). The number of carbonyl (C=O) groups is 1. The number of thioether (sulfide) groups is 1. The molecule has 0 atom stereocenters. The quantitative estimate of drug-likeness (QED) is 0.762. The number of hydrogen-bond donors (Lipinski definition) is 2. The normalized spacial score (nSPS) is 12.7. The Labute approximate surface area is 92.6 Å². The summed E-state index contributed by atoms with van der Waals surface area (Å²) in [5.41, 5.74) is 0. The lowest BCUT2D eigenvalue weighted by atomic mass is 10.3. The standard InChI is InChI=1S/C9H17F2NO2S/c1-8(2,3)15-4-7(14)12-5-9(10,11)6-13/h13H,4-6H2,1-3H3,(H,12,14). The third-order valence-electron chi connectivity index (χ3n) is 1.41. The highest BCUT2D eigenvalue weighted by Gasteiger charge is 2.28. The maximum atomic E-state index is 12.5. The van der Waals surface area contributed by atoms with E-state index in [0.29, 0.717) is 0 Å². The fourth-order valence-electron chi connectivity index (χ4n) is 0.617. The predicted molar refractivity (Wildman–Crippen MR) is 57.3 cm³/mol. The molecule has 3 nitrogen and oxygen atoms in total. The summed E-state index contributed by atoms with van der Waals surface area (Å²) in [4.78, 5) is 11.1. The van der Waals surface area contributed by atoms with Crippen LogP contribution in [-0.2, 0) is 4.79 Å². The van der Waals surface area contributed by atoms with Crippen LogP contribution in [0.4, 0.5) is 8.78 Å². The van der Waals surface area contributed by atoms with Gasteiger partial charge >= 0.3 is 0 Å². The maximum absolute atomic E-state index is 12.5. The summed E-state index contributed by atoms with van der Waals surface area (Å²) in [5, 5.41) is 10.3. The number of aliphatic hydroxyl groups excluding tert-OH is 1. The number of nitrogens with one attached hydrogen (secondary N) is 1. The van der Waals surface area contributed by atoms with Crippen LogP contribution >= 0.6 is 11.8 Å². The molecule has 0 unspecified atom stereocenters. The number of amides is 1. The molecule has 15 heavy (non-hydrogen) atoms. The smallest absolute Gasteiger partial charge is 0.287 e. The zero-order valence-electron chi connectivity index (χ0n) is 9.14. The minimum atomic E-state index is -3.23. The molecule has 0 saturated heterocycles. The van der Waals surface area contributed by atoms with E-state index in [1.165, 1.54) is 11.8 Å². The molecule has 0 aliphatic rings. The maximum Gasteiger partial charge on any atom is 0.287 e. The molecule has 0 fully saturated rings. The molecule has 0 aliphatic heterocycles. The second kappa shape index (κ2) is 5.65. The van der Waals surface area contributed by atoms with E-state index < -0.39 is 25.0 Å². The Kier molecular flexibility index (Phi) is 5.51. The number of hydrogen-bond acceptors (Lipinski definition) is 3. The van der Waals surface area contributed by atoms with Crippen molar-refractivity contribution in [1.29, 1.82) is 0 Å². The van der Waals surface area contributed by atoms with Crippen LogP contribution in [0.25, 0.3) is 0 Å².